The van der Waals surface area contributed by atoms with Crippen molar-refractivity contribution in [1.29, 1.82) is 0 Å². The smallest absolute Gasteiger partial charge is 0.433 e. The van der Waals surface area contributed by atoms with Gasteiger partial charge in [-0.2, -0.15) is 13.2 Å². The Kier molecular flexibility index (Phi) is 10.5. The fourth-order valence-corrected chi connectivity index (χ4v) is 3.83. The van der Waals surface area contributed by atoms with Gasteiger partial charge in [0.1, 0.15) is 5.69 Å². The molecule has 2 aromatic rings. The second-order valence-corrected chi connectivity index (χ2v) is 9.29. The number of aromatic nitrogens is 1. The molecule has 0 aliphatic heterocycles. The van der Waals surface area contributed by atoms with Crippen molar-refractivity contribution in [2.24, 2.45) is 0 Å². The number of hydrogen-bond donors (Lipinski definition) is 2. The predicted octanol–water partition coefficient (Wildman–Crippen LogP) is 5.36. The van der Waals surface area contributed by atoms with Gasteiger partial charge in [-0.3, -0.25) is 13.7 Å². The number of alkyl halides is 3. The van der Waals surface area contributed by atoms with Gasteiger partial charge in [0.05, 0.1) is 18.2 Å². The normalized spacial score (nSPS) is 13.3. The molecular formula is C24H32F3N3O4S. The summed E-state index contributed by atoms with van der Waals surface area (Å²) in [4.78, 5) is 16.4. The number of carbonyl (C=O) groups excluding carboxylic acids is 1. The Hall–Kier alpha value is -2.66. The maximum absolute atomic E-state index is 13.1. The monoisotopic (exact) mass is 515 g/mol. The number of anilines is 1. The van der Waals surface area contributed by atoms with E-state index in [4.69, 9.17) is 4.74 Å². The van der Waals surface area contributed by atoms with Crippen molar-refractivity contribution in [2.45, 2.75) is 65.1 Å². The molecule has 2 unspecified atom stereocenters. The van der Waals surface area contributed by atoms with E-state index in [1.54, 1.807) is 32.0 Å². The number of ether oxygens (including phenoxy) is 1. The van der Waals surface area contributed by atoms with E-state index in [1.807, 2.05) is 0 Å². The van der Waals surface area contributed by atoms with Gasteiger partial charge in [-0.25, -0.2) is 9.19 Å². The lowest BCUT2D eigenvalue weighted by Crippen LogP contribution is -2.28. The first-order valence-corrected chi connectivity index (χ1v) is 12.4. The van der Waals surface area contributed by atoms with Crippen molar-refractivity contribution in [3.8, 4) is 5.88 Å². The fourth-order valence-electron chi connectivity index (χ4n) is 3.46. The van der Waals surface area contributed by atoms with Crippen molar-refractivity contribution in [3.05, 3.63) is 52.7 Å². The van der Waals surface area contributed by atoms with Crippen molar-refractivity contribution in [3.63, 3.8) is 0 Å². The van der Waals surface area contributed by atoms with Crippen LogP contribution in [0.25, 0.3) is 0 Å². The van der Waals surface area contributed by atoms with E-state index in [2.05, 4.69) is 17.2 Å². The number of nitrogens with zero attached hydrogens (tertiary/aromatic N) is 2. The summed E-state index contributed by atoms with van der Waals surface area (Å²) in [6, 6.07) is 7.26. The molecular weight excluding hydrogens is 483 g/mol. The molecule has 194 valence electrons. The molecule has 1 aromatic carbocycles. The van der Waals surface area contributed by atoms with Crippen molar-refractivity contribution in [1.82, 2.24) is 10.3 Å². The molecule has 2 atom stereocenters. The number of halogens is 3. The van der Waals surface area contributed by atoms with Gasteiger partial charge < -0.3 is 10.1 Å². The van der Waals surface area contributed by atoms with Crippen LogP contribution in [-0.2, 0) is 28.8 Å². The minimum atomic E-state index is -4.60. The van der Waals surface area contributed by atoms with E-state index in [1.165, 1.54) is 17.4 Å². The highest BCUT2D eigenvalue weighted by molar-refractivity contribution is 7.80. The van der Waals surface area contributed by atoms with Gasteiger partial charge in [-0.1, -0.05) is 38.3 Å². The van der Waals surface area contributed by atoms with Crippen LogP contribution in [0, 0.1) is 6.92 Å². The molecule has 0 fully saturated rings. The first kappa shape index (κ1) is 28.6. The molecule has 11 heteroatoms. The predicted molar refractivity (Wildman–Crippen MR) is 129 cm³/mol. The summed E-state index contributed by atoms with van der Waals surface area (Å²) >= 11 is -2.17. The van der Waals surface area contributed by atoms with Crippen LogP contribution in [-0.4, -0.2) is 33.3 Å². The summed E-state index contributed by atoms with van der Waals surface area (Å²) in [5, 5.41) is 2.74. The molecule has 0 saturated carbocycles. The molecule has 0 spiro atoms. The van der Waals surface area contributed by atoms with Gasteiger partial charge in [0.2, 0.25) is 11.8 Å². The van der Waals surface area contributed by atoms with E-state index >= 15 is 0 Å². The Balaban J connectivity index is 2.11. The minimum Gasteiger partial charge on any atom is -0.477 e. The number of aryl methyl sites for hydroxylation is 1. The van der Waals surface area contributed by atoms with E-state index in [-0.39, 0.29) is 24.9 Å². The summed E-state index contributed by atoms with van der Waals surface area (Å²) in [7, 11) is 1.48. The third-order valence-electron chi connectivity index (χ3n) is 5.61. The lowest BCUT2D eigenvalue weighted by Gasteiger charge is -2.19. The average Bonchev–Trinajstić information content (AvgIpc) is 2.81. The Labute approximate surface area is 206 Å². The van der Waals surface area contributed by atoms with Crippen LogP contribution < -0.4 is 14.4 Å². The number of pyridine rings is 1. The van der Waals surface area contributed by atoms with E-state index in [9.17, 15) is 26.7 Å². The maximum Gasteiger partial charge on any atom is 0.433 e. The molecule has 2 rings (SSSR count). The van der Waals surface area contributed by atoms with Crippen molar-refractivity contribution < 1.29 is 31.5 Å². The van der Waals surface area contributed by atoms with Crippen molar-refractivity contribution in [2.75, 3.05) is 18.0 Å². The summed E-state index contributed by atoms with van der Waals surface area (Å²) in [6.45, 7) is 5.73. The number of unbranched alkanes of at least 4 members (excludes halogenated alkanes) is 3. The Morgan fingerprint density at radius 1 is 1.23 bits per heavy atom. The third-order valence-corrected chi connectivity index (χ3v) is 6.27. The molecule has 0 bridgehead atoms. The van der Waals surface area contributed by atoms with Crippen molar-refractivity contribution >= 4 is 22.9 Å². The number of rotatable bonds is 12. The first-order chi connectivity index (χ1) is 16.5. The van der Waals surface area contributed by atoms with Gasteiger partial charge in [-0.15, -0.1) is 0 Å². The van der Waals surface area contributed by atoms with E-state index in [0.29, 0.717) is 23.2 Å². The SMILES string of the molecule is CCCCCCOc1nc(C(F)(F)F)ccc1CNC(=O)C(C)c1ccc(N(C)S(=O)O)c(C)c1. The highest BCUT2D eigenvalue weighted by Crippen LogP contribution is 2.30. The first-order valence-electron chi connectivity index (χ1n) is 11.4. The van der Waals surface area contributed by atoms with Gasteiger partial charge in [0, 0.05) is 19.2 Å². The second kappa shape index (κ2) is 12.9. The quantitative estimate of drug-likeness (QED) is 0.293. The van der Waals surface area contributed by atoms with Crippen LogP contribution in [0.15, 0.2) is 30.3 Å². The largest absolute Gasteiger partial charge is 0.477 e. The molecule has 1 amide bonds. The highest BCUT2D eigenvalue weighted by Gasteiger charge is 2.33. The van der Waals surface area contributed by atoms with Gasteiger partial charge in [-0.05, 0) is 49.6 Å². The number of nitrogens with one attached hydrogen (secondary N) is 1. The van der Waals surface area contributed by atoms with Crippen LogP contribution in [0.5, 0.6) is 5.88 Å². The number of hydrogen-bond acceptors (Lipinski definition) is 4. The summed E-state index contributed by atoms with van der Waals surface area (Å²) in [5.74, 6) is -1.02. The zero-order valence-corrected chi connectivity index (χ0v) is 21.1. The second-order valence-electron chi connectivity index (χ2n) is 8.28. The molecule has 1 aromatic heterocycles. The van der Waals surface area contributed by atoms with Crippen LogP contribution >= 0.6 is 0 Å². The number of benzene rings is 1. The fraction of sp³-hybridized carbons (Fsp3) is 0.500. The summed E-state index contributed by atoms with van der Waals surface area (Å²) in [6.07, 6.45) is -0.965. The van der Waals surface area contributed by atoms with E-state index < -0.39 is 29.1 Å². The molecule has 35 heavy (non-hydrogen) atoms. The molecule has 7 nitrogen and oxygen atoms in total. The van der Waals surface area contributed by atoms with Gasteiger partial charge in [0.15, 0.2) is 0 Å². The minimum absolute atomic E-state index is 0.0398. The lowest BCUT2D eigenvalue weighted by atomic mass is 9.97. The molecule has 0 aliphatic carbocycles. The average molecular weight is 516 g/mol. The van der Waals surface area contributed by atoms with Crippen LogP contribution in [0.2, 0.25) is 0 Å². The maximum atomic E-state index is 13.1. The Morgan fingerprint density at radius 2 is 1.94 bits per heavy atom. The number of carbonyl (C=O) groups is 1. The van der Waals surface area contributed by atoms with Crippen LogP contribution in [0.4, 0.5) is 18.9 Å². The zero-order valence-electron chi connectivity index (χ0n) is 20.3. The lowest BCUT2D eigenvalue weighted by molar-refractivity contribution is -0.141. The summed E-state index contributed by atoms with van der Waals surface area (Å²) < 4.78 is 66.7. The highest BCUT2D eigenvalue weighted by atomic mass is 32.2. The van der Waals surface area contributed by atoms with Crippen LogP contribution in [0.1, 0.15) is 67.8 Å². The standard InChI is InChI=1S/C24H32F3N3O4S/c1-5-6-7-8-13-34-23-19(10-12-21(29-23)24(25,26)27)15-28-22(31)17(3)18-9-11-20(16(2)14-18)30(4)35(32)33/h9-12,14,17H,5-8,13,15H2,1-4H3,(H,28,31)(H,32,33). The number of amides is 1. The van der Waals surface area contributed by atoms with Crippen LogP contribution in [0.3, 0.4) is 0 Å². The Bertz CT molecular complexity index is 1030. The van der Waals surface area contributed by atoms with Gasteiger partial charge >= 0.3 is 6.18 Å². The third kappa shape index (κ3) is 8.21. The summed E-state index contributed by atoms with van der Waals surface area (Å²) in [5.41, 5.74) is 1.27. The zero-order chi connectivity index (χ0) is 26.2. The molecule has 0 saturated heterocycles. The molecule has 1 heterocycles. The van der Waals surface area contributed by atoms with E-state index in [0.717, 1.165) is 30.9 Å². The molecule has 2 N–H and O–H groups in total. The van der Waals surface area contributed by atoms with Gasteiger partial charge in [0.25, 0.3) is 11.3 Å². The molecule has 0 aliphatic rings. The topological polar surface area (TPSA) is 91.8 Å². The molecule has 0 radical (unpaired) electrons. The Morgan fingerprint density at radius 3 is 2.54 bits per heavy atom.